The van der Waals surface area contributed by atoms with E-state index in [2.05, 4.69) is 10.5 Å². The second-order valence-corrected chi connectivity index (χ2v) is 5.62. The number of halogens is 1. The third-order valence-corrected chi connectivity index (χ3v) is 3.75. The summed E-state index contributed by atoms with van der Waals surface area (Å²) in [7, 11) is 3.25. The Hall–Kier alpha value is -2.41. The fraction of sp³-hybridized carbons (Fsp3) is 0.412. The SMILES string of the molecule is CC[C@H](C(=O)Nc1cc(C)on1)N(C)Cc1ccc(OC)c(F)c1. The Kier molecular flexibility index (Phi) is 5.92. The number of methoxy groups -OCH3 is 1. The summed E-state index contributed by atoms with van der Waals surface area (Å²) in [5.74, 6) is 0.620. The van der Waals surface area contributed by atoms with Crippen LogP contribution in [0.3, 0.4) is 0 Å². The standard InChI is InChI=1S/C17H22FN3O3/c1-5-14(17(22)19-16-8-11(2)24-20-16)21(3)10-12-6-7-15(23-4)13(18)9-12/h6-9,14H,5,10H2,1-4H3,(H,19,20,22)/t14-/m1/s1. The summed E-state index contributed by atoms with van der Waals surface area (Å²) in [5, 5.41) is 6.49. The van der Waals surface area contributed by atoms with Crippen LogP contribution < -0.4 is 10.1 Å². The Balaban J connectivity index is 2.03. The number of benzene rings is 1. The van der Waals surface area contributed by atoms with Crippen LogP contribution in [0.4, 0.5) is 10.2 Å². The van der Waals surface area contributed by atoms with E-state index in [1.54, 1.807) is 25.1 Å². The van der Waals surface area contributed by atoms with Crippen LogP contribution in [0.5, 0.6) is 5.75 Å². The number of hydrogen-bond donors (Lipinski definition) is 1. The van der Waals surface area contributed by atoms with Crippen LogP contribution in [-0.2, 0) is 11.3 Å². The predicted molar refractivity (Wildman–Crippen MR) is 88.4 cm³/mol. The van der Waals surface area contributed by atoms with Crippen molar-refractivity contribution in [2.45, 2.75) is 32.9 Å². The molecular formula is C17H22FN3O3. The van der Waals surface area contributed by atoms with E-state index in [9.17, 15) is 9.18 Å². The van der Waals surface area contributed by atoms with Gasteiger partial charge in [-0.15, -0.1) is 0 Å². The molecule has 1 N–H and O–H groups in total. The molecule has 7 heteroatoms. The normalized spacial score (nSPS) is 12.2. The highest BCUT2D eigenvalue weighted by molar-refractivity contribution is 5.93. The molecule has 6 nitrogen and oxygen atoms in total. The first kappa shape index (κ1) is 17.9. The number of likely N-dealkylation sites (N-methyl/N-ethyl adjacent to an activating group) is 1. The number of hydrogen-bond acceptors (Lipinski definition) is 5. The largest absolute Gasteiger partial charge is 0.494 e. The molecule has 130 valence electrons. The third kappa shape index (κ3) is 4.32. The molecule has 0 bridgehead atoms. The minimum absolute atomic E-state index is 0.178. The Morgan fingerprint density at radius 3 is 2.75 bits per heavy atom. The molecule has 0 fully saturated rings. The summed E-state index contributed by atoms with van der Waals surface area (Å²) >= 11 is 0. The van der Waals surface area contributed by atoms with Crippen molar-refractivity contribution < 1.29 is 18.4 Å². The fourth-order valence-electron chi connectivity index (χ4n) is 2.54. The zero-order valence-electron chi connectivity index (χ0n) is 14.3. The lowest BCUT2D eigenvalue weighted by Crippen LogP contribution is -2.41. The van der Waals surface area contributed by atoms with Crippen molar-refractivity contribution in [3.63, 3.8) is 0 Å². The number of carbonyl (C=O) groups is 1. The summed E-state index contributed by atoms with van der Waals surface area (Å²) in [6.45, 7) is 4.11. The van der Waals surface area contributed by atoms with Crippen LogP contribution in [0.2, 0.25) is 0 Å². The first-order chi connectivity index (χ1) is 11.4. The Morgan fingerprint density at radius 1 is 1.46 bits per heavy atom. The van der Waals surface area contributed by atoms with Gasteiger partial charge < -0.3 is 14.6 Å². The molecule has 0 aliphatic rings. The number of ether oxygens (including phenoxy) is 1. The van der Waals surface area contributed by atoms with Crippen LogP contribution in [0.15, 0.2) is 28.8 Å². The second kappa shape index (κ2) is 7.92. The number of aromatic nitrogens is 1. The van der Waals surface area contributed by atoms with Gasteiger partial charge >= 0.3 is 0 Å². The number of aryl methyl sites for hydroxylation is 1. The molecular weight excluding hydrogens is 313 g/mol. The number of nitrogens with zero attached hydrogens (tertiary/aromatic N) is 2. The number of amides is 1. The van der Waals surface area contributed by atoms with E-state index in [4.69, 9.17) is 9.26 Å². The number of rotatable bonds is 7. The van der Waals surface area contributed by atoms with Crippen LogP contribution in [-0.4, -0.2) is 36.2 Å². The lowest BCUT2D eigenvalue weighted by atomic mass is 10.1. The summed E-state index contributed by atoms with van der Waals surface area (Å²) in [5.41, 5.74) is 0.763. The van der Waals surface area contributed by atoms with Gasteiger partial charge in [0, 0.05) is 12.6 Å². The van der Waals surface area contributed by atoms with Gasteiger partial charge in [-0.25, -0.2) is 4.39 Å². The summed E-state index contributed by atoms with van der Waals surface area (Å²) < 4.78 is 23.6. The molecule has 0 spiro atoms. The molecule has 0 aliphatic heterocycles. The van der Waals surface area contributed by atoms with E-state index < -0.39 is 5.82 Å². The van der Waals surface area contributed by atoms with E-state index in [0.717, 1.165) is 5.56 Å². The van der Waals surface area contributed by atoms with Crippen molar-refractivity contribution in [2.24, 2.45) is 0 Å². The van der Waals surface area contributed by atoms with Crippen molar-refractivity contribution in [1.82, 2.24) is 10.1 Å². The maximum atomic E-state index is 13.8. The van der Waals surface area contributed by atoms with E-state index in [-0.39, 0.29) is 17.7 Å². The lowest BCUT2D eigenvalue weighted by molar-refractivity contribution is -0.121. The molecule has 0 saturated carbocycles. The van der Waals surface area contributed by atoms with Gasteiger partial charge in [0.25, 0.3) is 0 Å². The van der Waals surface area contributed by atoms with Crippen LogP contribution in [0, 0.1) is 12.7 Å². The number of nitrogens with one attached hydrogen (secondary N) is 1. The van der Waals surface area contributed by atoms with Crippen molar-refractivity contribution in [1.29, 1.82) is 0 Å². The van der Waals surface area contributed by atoms with Gasteiger partial charge in [-0.2, -0.15) is 0 Å². The smallest absolute Gasteiger partial charge is 0.242 e. The fourth-order valence-corrected chi connectivity index (χ4v) is 2.54. The summed E-state index contributed by atoms with van der Waals surface area (Å²) in [4.78, 5) is 14.3. The average molecular weight is 335 g/mol. The van der Waals surface area contributed by atoms with Crippen molar-refractivity contribution >= 4 is 11.7 Å². The van der Waals surface area contributed by atoms with Crippen molar-refractivity contribution in [3.05, 3.63) is 41.4 Å². The van der Waals surface area contributed by atoms with Crippen LogP contribution in [0.1, 0.15) is 24.7 Å². The van der Waals surface area contributed by atoms with E-state index >= 15 is 0 Å². The predicted octanol–water partition coefficient (Wildman–Crippen LogP) is 2.98. The van der Waals surface area contributed by atoms with E-state index in [1.807, 2.05) is 18.9 Å². The molecule has 0 unspecified atom stereocenters. The maximum absolute atomic E-state index is 13.8. The number of carbonyl (C=O) groups excluding carboxylic acids is 1. The molecule has 2 aromatic rings. The highest BCUT2D eigenvalue weighted by atomic mass is 19.1. The first-order valence-corrected chi connectivity index (χ1v) is 7.71. The topological polar surface area (TPSA) is 67.6 Å². The van der Waals surface area contributed by atoms with Gasteiger partial charge in [-0.05, 0) is 38.1 Å². The molecule has 0 aliphatic carbocycles. The van der Waals surface area contributed by atoms with Crippen LogP contribution in [0.25, 0.3) is 0 Å². The Labute approximate surface area is 140 Å². The van der Waals surface area contributed by atoms with Gasteiger partial charge in [0.05, 0.1) is 13.2 Å². The van der Waals surface area contributed by atoms with Gasteiger partial charge in [0.15, 0.2) is 17.4 Å². The molecule has 24 heavy (non-hydrogen) atoms. The minimum atomic E-state index is -0.418. The molecule has 1 aromatic heterocycles. The van der Waals surface area contributed by atoms with Gasteiger partial charge in [0.1, 0.15) is 5.76 Å². The quantitative estimate of drug-likeness (QED) is 0.842. The zero-order valence-corrected chi connectivity index (χ0v) is 14.3. The van der Waals surface area contributed by atoms with Gasteiger partial charge in [0.2, 0.25) is 5.91 Å². The molecule has 0 saturated heterocycles. The molecule has 0 radical (unpaired) electrons. The Morgan fingerprint density at radius 2 is 2.21 bits per heavy atom. The molecule has 1 aromatic carbocycles. The monoisotopic (exact) mass is 335 g/mol. The highest BCUT2D eigenvalue weighted by Gasteiger charge is 2.22. The highest BCUT2D eigenvalue weighted by Crippen LogP contribution is 2.19. The van der Waals surface area contributed by atoms with Gasteiger partial charge in [-0.3, -0.25) is 9.69 Å². The first-order valence-electron chi connectivity index (χ1n) is 7.71. The lowest BCUT2D eigenvalue weighted by Gasteiger charge is -2.26. The average Bonchev–Trinajstić information content (AvgIpc) is 2.93. The van der Waals surface area contributed by atoms with Crippen molar-refractivity contribution in [2.75, 3.05) is 19.5 Å². The van der Waals surface area contributed by atoms with Crippen LogP contribution >= 0.6 is 0 Å². The third-order valence-electron chi connectivity index (χ3n) is 3.75. The summed E-state index contributed by atoms with van der Waals surface area (Å²) in [6.07, 6.45) is 0.609. The minimum Gasteiger partial charge on any atom is -0.494 e. The number of anilines is 1. The van der Waals surface area contributed by atoms with E-state index in [1.165, 1.54) is 13.2 Å². The van der Waals surface area contributed by atoms with E-state index in [0.29, 0.717) is 24.5 Å². The Bertz CT molecular complexity index is 702. The van der Waals surface area contributed by atoms with Gasteiger partial charge in [-0.1, -0.05) is 18.1 Å². The molecule has 1 heterocycles. The summed E-state index contributed by atoms with van der Waals surface area (Å²) in [6, 6.07) is 6.07. The maximum Gasteiger partial charge on any atom is 0.242 e. The second-order valence-electron chi connectivity index (χ2n) is 5.62. The zero-order chi connectivity index (χ0) is 17.7. The molecule has 1 amide bonds. The molecule has 1 atom stereocenters. The van der Waals surface area contributed by atoms with Crippen molar-refractivity contribution in [3.8, 4) is 5.75 Å². The molecule has 2 rings (SSSR count).